The van der Waals surface area contributed by atoms with Gasteiger partial charge in [0.15, 0.2) is 11.6 Å². The van der Waals surface area contributed by atoms with E-state index in [0.717, 1.165) is 44.3 Å². The number of hydrogen-bond acceptors (Lipinski definition) is 4. The van der Waals surface area contributed by atoms with Crippen LogP contribution in [0.1, 0.15) is 78.1 Å². The van der Waals surface area contributed by atoms with Gasteiger partial charge in [-0.1, -0.05) is 19.4 Å². The second-order valence-corrected chi connectivity index (χ2v) is 10.8. The van der Waals surface area contributed by atoms with Gasteiger partial charge in [-0.25, -0.2) is 0 Å². The van der Waals surface area contributed by atoms with Crippen molar-refractivity contribution in [1.82, 2.24) is 0 Å². The number of ether oxygens (including phenoxy) is 3. The number of allylic oxidation sites excluding steroid dienone is 1. The summed E-state index contributed by atoms with van der Waals surface area (Å²) in [4.78, 5) is 13.0. The van der Waals surface area contributed by atoms with Crippen LogP contribution >= 0.6 is 0 Å². The third-order valence-corrected chi connectivity index (χ3v) is 10.3. The molecule has 4 heteroatoms. The van der Waals surface area contributed by atoms with Gasteiger partial charge in [0.25, 0.3) is 0 Å². The second kappa shape index (κ2) is 7.71. The highest BCUT2D eigenvalue weighted by atomic mass is 16.7. The first-order valence-corrected chi connectivity index (χ1v) is 12.6. The van der Waals surface area contributed by atoms with Crippen LogP contribution in [0.5, 0.6) is 0 Å². The Bertz CT molecular complexity index is 708. The largest absolute Gasteiger partial charge is 0.377 e. The van der Waals surface area contributed by atoms with E-state index in [4.69, 9.17) is 14.2 Å². The van der Waals surface area contributed by atoms with Gasteiger partial charge in [0.2, 0.25) is 0 Å². The summed E-state index contributed by atoms with van der Waals surface area (Å²) in [6.45, 7) is 6.50. The van der Waals surface area contributed by atoms with Gasteiger partial charge in [0, 0.05) is 19.4 Å². The number of Topliss-reactive ketones (excluding diaryl/α,β-unsaturated/α-hetero) is 1. The summed E-state index contributed by atoms with van der Waals surface area (Å²) in [5.41, 5.74) is 2.19. The monoisotopic (exact) mass is 416 g/mol. The first-order chi connectivity index (χ1) is 14.5. The van der Waals surface area contributed by atoms with Gasteiger partial charge in [0.1, 0.15) is 6.61 Å². The molecule has 1 aliphatic heterocycles. The van der Waals surface area contributed by atoms with Crippen LogP contribution in [0.25, 0.3) is 0 Å². The van der Waals surface area contributed by atoms with E-state index in [1.165, 1.54) is 44.9 Å². The number of methoxy groups -OCH3 is 1. The molecule has 0 N–H and O–H groups in total. The van der Waals surface area contributed by atoms with Gasteiger partial charge in [-0.3, -0.25) is 4.79 Å². The number of fused-ring (bicyclic) bond motifs is 5. The van der Waals surface area contributed by atoms with Crippen LogP contribution in [0.3, 0.4) is 0 Å². The second-order valence-electron chi connectivity index (χ2n) is 10.8. The van der Waals surface area contributed by atoms with Crippen LogP contribution in [-0.2, 0) is 19.0 Å². The molecule has 0 aromatic heterocycles. The van der Waals surface area contributed by atoms with E-state index in [9.17, 15) is 4.79 Å². The first kappa shape index (κ1) is 21.2. The zero-order valence-electron chi connectivity index (χ0n) is 19.2. The maximum absolute atomic E-state index is 13.0. The molecule has 4 fully saturated rings. The van der Waals surface area contributed by atoms with E-state index < -0.39 is 5.79 Å². The SMILES string of the molecule is CC[C@]12CCC3(C=C1CCC1C2CC[C@]2(CC)C(C(=O)COC)CCC12)OCCO3. The lowest BCUT2D eigenvalue weighted by molar-refractivity contribution is -0.150. The van der Waals surface area contributed by atoms with E-state index in [1.807, 2.05) is 0 Å². The maximum Gasteiger partial charge on any atom is 0.188 e. The fourth-order valence-electron chi connectivity index (χ4n) is 9.07. The average molecular weight is 417 g/mol. The van der Waals surface area contributed by atoms with Crippen molar-refractivity contribution in [3.05, 3.63) is 11.6 Å². The van der Waals surface area contributed by atoms with E-state index in [2.05, 4.69) is 19.9 Å². The Hall–Kier alpha value is -0.710. The predicted molar refractivity (Wildman–Crippen MR) is 116 cm³/mol. The molecule has 5 rings (SSSR count). The minimum absolute atomic E-state index is 0.220. The summed E-state index contributed by atoms with van der Waals surface area (Å²) in [6.07, 6.45) is 14.3. The Morgan fingerprint density at radius 3 is 2.53 bits per heavy atom. The lowest BCUT2D eigenvalue weighted by atomic mass is 9.45. The average Bonchev–Trinajstić information content (AvgIpc) is 3.38. The van der Waals surface area contributed by atoms with Crippen molar-refractivity contribution in [2.24, 2.45) is 34.5 Å². The summed E-state index contributed by atoms with van der Waals surface area (Å²) in [6, 6.07) is 0. The van der Waals surface area contributed by atoms with Crippen molar-refractivity contribution in [2.45, 2.75) is 83.8 Å². The van der Waals surface area contributed by atoms with Gasteiger partial charge in [-0.15, -0.1) is 0 Å². The molecule has 30 heavy (non-hydrogen) atoms. The Kier molecular flexibility index (Phi) is 5.43. The van der Waals surface area contributed by atoms with Crippen molar-refractivity contribution in [2.75, 3.05) is 26.9 Å². The molecule has 1 heterocycles. The van der Waals surface area contributed by atoms with Crippen molar-refractivity contribution in [3.8, 4) is 0 Å². The molecule has 0 aromatic carbocycles. The molecular formula is C26H40O4. The summed E-state index contributed by atoms with van der Waals surface area (Å²) in [5, 5.41) is 0. The molecule has 168 valence electrons. The van der Waals surface area contributed by atoms with Crippen LogP contribution in [-0.4, -0.2) is 38.5 Å². The fraction of sp³-hybridized carbons (Fsp3) is 0.885. The number of hydrogen-bond donors (Lipinski definition) is 0. The molecule has 3 saturated carbocycles. The van der Waals surface area contributed by atoms with Gasteiger partial charge >= 0.3 is 0 Å². The van der Waals surface area contributed by atoms with Crippen molar-refractivity contribution in [1.29, 1.82) is 0 Å². The third-order valence-electron chi connectivity index (χ3n) is 10.3. The normalized spacial score (nSPS) is 44.3. The van der Waals surface area contributed by atoms with E-state index >= 15 is 0 Å². The van der Waals surface area contributed by atoms with Crippen LogP contribution in [0.15, 0.2) is 11.6 Å². The zero-order valence-corrected chi connectivity index (χ0v) is 19.2. The molecule has 0 aromatic rings. The lowest BCUT2D eigenvalue weighted by Crippen LogP contribution is -2.54. The maximum atomic E-state index is 13.0. The molecule has 0 amide bonds. The molecule has 1 saturated heterocycles. The molecule has 0 bridgehead atoms. The van der Waals surface area contributed by atoms with Crippen molar-refractivity contribution in [3.63, 3.8) is 0 Å². The molecule has 0 radical (unpaired) electrons. The number of ketones is 1. The van der Waals surface area contributed by atoms with E-state index in [-0.39, 0.29) is 11.3 Å². The highest BCUT2D eigenvalue weighted by Gasteiger charge is 2.62. The van der Waals surface area contributed by atoms with E-state index in [1.54, 1.807) is 12.7 Å². The molecule has 4 unspecified atom stereocenters. The van der Waals surface area contributed by atoms with E-state index in [0.29, 0.717) is 23.7 Å². The molecule has 1 spiro atoms. The van der Waals surface area contributed by atoms with Crippen molar-refractivity contribution < 1.29 is 19.0 Å². The van der Waals surface area contributed by atoms with Crippen LogP contribution < -0.4 is 0 Å². The smallest absolute Gasteiger partial charge is 0.188 e. The minimum atomic E-state index is -0.423. The van der Waals surface area contributed by atoms with Gasteiger partial charge in [0.05, 0.1) is 13.2 Å². The van der Waals surface area contributed by atoms with Crippen LogP contribution in [0.4, 0.5) is 0 Å². The fourth-order valence-corrected chi connectivity index (χ4v) is 9.07. The van der Waals surface area contributed by atoms with Gasteiger partial charge in [-0.2, -0.15) is 0 Å². The topological polar surface area (TPSA) is 44.8 Å². The number of carbonyl (C=O) groups is 1. The quantitative estimate of drug-likeness (QED) is 0.570. The Morgan fingerprint density at radius 1 is 1.03 bits per heavy atom. The lowest BCUT2D eigenvalue weighted by Gasteiger charge is -2.60. The first-order valence-electron chi connectivity index (χ1n) is 12.6. The Morgan fingerprint density at radius 2 is 1.83 bits per heavy atom. The summed E-state index contributed by atoms with van der Waals surface area (Å²) in [7, 11) is 1.66. The zero-order chi connectivity index (χ0) is 21.0. The number of carbonyl (C=O) groups excluding carboxylic acids is 1. The molecule has 4 aliphatic carbocycles. The Labute approximate surface area is 182 Å². The Balaban J connectivity index is 1.45. The van der Waals surface area contributed by atoms with Crippen LogP contribution in [0, 0.1) is 34.5 Å². The van der Waals surface area contributed by atoms with Crippen LogP contribution in [0.2, 0.25) is 0 Å². The summed E-state index contributed by atoms with van der Waals surface area (Å²) >= 11 is 0. The minimum Gasteiger partial charge on any atom is -0.377 e. The molecule has 6 atom stereocenters. The highest BCUT2D eigenvalue weighted by Crippen LogP contribution is 2.69. The molecule has 4 nitrogen and oxygen atoms in total. The van der Waals surface area contributed by atoms with Gasteiger partial charge in [-0.05, 0) is 92.4 Å². The predicted octanol–water partition coefficient (Wildman–Crippen LogP) is 5.30. The highest BCUT2D eigenvalue weighted by molar-refractivity contribution is 5.83. The summed E-state index contributed by atoms with van der Waals surface area (Å²) in [5.74, 6) is 2.41. The molecular weight excluding hydrogens is 376 g/mol. The van der Waals surface area contributed by atoms with Crippen molar-refractivity contribution >= 4 is 5.78 Å². The molecule has 5 aliphatic rings. The number of rotatable bonds is 5. The third kappa shape index (κ3) is 2.85. The van der Waals surface area contributed by atoms with Gasteiger partial charge < -0.3 is 14.2 Å². The standard InChI is InChI=1S/C26H40O4/c1-4-24-12-13-26(29-14-15-30-26)16-18(24)6-7-19-20-8-9-22(23(27)17-28-3)25(20,5-2)11-10-21(19)24/h16,19-22H,4-15,17H2,1-3H3/t19?,20?,21?,22?,24-,25-/m0/s1. The summed E-state index contributed by atoms with van der Waals surface area (Å²) < 4.78 is 17.4.